The second-order valence-electron chi connectivity index (χ2n) is 4.57. The second kappa shape index (κ2) is 5.60. The molecule has 0 spiro atoms. The van der Waals surface area contributed by atoms with E-state index in [9.17, 15) is 31.1 Å². The van der Waals surface area contributed by atoms with Crippen LogP contribution < -0.4 is 5.32 Å². The minimum absolute atomic E-state index is 0.292. The van der Waals surface area contributed by atoms with Gasteiger partial charge in [-0.3, -0.25) is 9.48 Å². The molecule has 0 bridgehead atoms. The highest BCUT2D eigenvalue weighted by Crippen LogP contribution is 2.31. The fourth-order valence-electron chi connectivity index (χ4n) is 1.75. The Morgan fingerprint density at radius 3 is 2.26 bits per heavy atom. The van der Waals surface area contributed by atoms with Crippen LogP contribution in [0, 0.1) is 0 Å². The van der Waals surface area contributed by atoms with E-state index in [0.29, 0.717) is 12.1 Å². The molecule has 2 aromatic rings. The van der Waals surface area contributed by atoms with Gasteiger partial charge in [0.2, 0.25) is 0 Å². The molecule has 2 rings (SSSR count). The quantitative estimate of drug-likeness (QED) is 0.849. The van der Waals surface area contributed by atoms with Crippen molar-refractivity contribution in [2.24, 2.45) is 7.05 Å². The molecule has 1 heterocycles. The first-order chi connectivity index (χ1) is 10.5. The standard InChI is InChI=1S/C13H9F6N3O/c1-22-10(6-9(21-22)13(17,18)19)20-11(23)7-3-2-4-8(5-7)12(14,15)16/h2-6H,1H3,(H,20,23). The minimum atomic E-state index is -4.70. The lowest BCUT2D eigenvalue weighted by atomic mass is 10.1. The van der Waals surface area contributed by atoms with E-state index in [4.69, 9.17) is 0 Å². The van der Waals surface area contributed by atoms with Gasteiger partial charge in [0.05, 0.1) is 5.56 Å². The number of alkyl halides is 6. The highest BCUT2D eigenvalue weighted by atomic mass is 19.4. The summed E-state index contributed by atoms with van der Waals surface area (Å²) < 4.78 is 76.1. The van der Waals surface area contributed by atoms with Crippen LogP contribution in [0.3, 0.4) is 0 Å². The third kappa shape index (κ3) is 3.82. The van der Waals surface area contributed by atoms with Crippen molar-refractivity contribution in [3.63, 3.8) is 0 Å². The maximum absolute atomic E-state index is 12.6. The number of benzene rings is 1. The zero-order chi connectivity index (χ0) is 17.4. The molecule has 10 heteroatoms. The molecule has 1 N–H and O–H groups in total. The van der Waals surface area contributed by atoms with E-state index >= 15 is 0 Å². The zero-order valence-electron chi connectivity index (χ0n) is 11.5. The van der Waals surface area contributed by atoms with E-state index in [0.717, 1.165) is 29.9 Å². The molecular formula is C13H9F6N3O. The number of anilines is 1. The van der Waals surface area contributed by atoms with E-state index < -0.39 is 29.5 Å². The average Bonchev–Trinajstić information content (AvgIpc) is 2.79. The fourth-order valence-corrected chi connectivity index (χ4v) is 1.75. The van der Waals surface area contributed by atoms with Crippen molar-refractivity contribution in [1.29, 1.82) is 0 Å². The van der Waals surface area contributed by atoms with E-state index in [2.05, 4.69) is 10.4 Å². The SMILES string of the molecule is Cn1nc(C(F)(F)F)cc1NC(=O)c1cccc(C(F)(F)F)c1. The first-order valence-corrected chi connectivity index (χ1v) is 6.08. The van der Waals surface area contributed by atoms with Crippen LogP contribution in [0.1, 0.15) is 21.6 Å². The van der Waals surface area contributed by atoms with E-state index in [1.165, 1.54) is 0 Å². The van der Waals surface area contributed by atoms with Crippen LogP contribution in [-0.2, 0) is 19.4 Å². The normalized spacial score (nSPS) is 12.3. The summed E-state index contributed by atoms with van der Waals surface area (Å²) in [4.78, 5) is 11.9. The molecule has 124 valence electrons. The van der Waals surface area contributed by atoms with Gasteiger partial charge >= 0.3 is 12.4 Å². The molecule has 0 unspecified atom stereocenters. The van der Waals surface area contributed by atoms with Gasteiger partial charge in [-0.15, -0.1) is 0 Å². The number of halogens is 6. The van der Waals surface area contributed by atoms with Crippen molar-refractivity contribution >= 4 is 11.7 Å². The summed E-state index contributed by atoms with van der Waals surface area (Å²) in [5.74, 6) is -1.27. The minimum Gasteiger partial charge on any atom is -0.307 e. The summed E-state index contributed by atoms with van der Waals surface area (Å²) >= 11 is 0. The van der Waals surface area contributed by atoms with Crippen LogP contribution in [-0.4, -0.2) is 15.7 Å². The Morgan fingerprint density at radius 1 is 1.09 bits per heavy atom. The van der Waals surface area contributed by atoms with Gasteiger partial charge in [-0.05, 0) is 18.2 Å². The molecule has 0 saturated heterocycles. The molecule has 0 aliphatic heterocycles. The lowest BCUT2D eigenvalue weighted by Crippen LogP contribution is -2.15. The molecule has 0 aliphatic rings. The van der Waals surface area contributed by atoms with Crippen molar-refractivity contribution in [1.82, 2.24) is 9.78 Å². The lowest BCUT2D eigenvalue weighted by Gasteiger charge is -2.09. The van der Waals surface area contributed by atoms with Crippen LogP contribution in [0.2, 0.25) is 0 Å². The summed E-state index contributed by atoms with van der Waals surface area (Å²) in [5, 5.41) is 5.27. The number of aryl methyl sites for hydroxylation is 1. The largest absolute Gasteiger partial charge is 0.435 e. The summed E-state index contributed by atoms with van der Waals surface area (Å²) in [5.41, 5.74) is -2.60. The zero-order valence-corrected chi connectivity index (χ0v) is 11.5. The van der Waals surface area contributed by atoms with E-state index in [1.54, 1.807) is 0 Å². The van der Waals surface area contributed by atoms with Crippen LogP contribution in [0.15, 0.2) is 30.3 Å². The summed E-state index contributed by atoms with van der Waals surface area (Å²) in [6.45, 7) is 0. The summed E-state index contributed by atoms with van der Waals surface area (Å²) in [6.07, 6.45) is -9.33. The second-order valence-corrected chi connectivity index (χ2v) is 4.57. The molecule has 0 aliphatic carbocycles. The van der Waals surface area contributed by atoms with Crippen molar-refractivity contribution < 1.29 is 31.1 Å². The third-order valence-corrected chi connectivity index (χ3v) is 2.86. The predicted octanol–water partition coefficient (Wildman–Crippen LogP) is 3.71. The first kappa shape index (κ1) is 16.8. The molecule has 1 aromatic heterocycles. The van der Waals surface area contributed by atoms with E-state index in [1.807, 2.05) is 0 Å². The van der Waals surface area contributed by atoms with Gasteiger partial charge in [-0.25, -0.2) is 0 Å². The Balaban J connectivity index is 2.25. The molecular weight excluding hydrogens is 328 g/mol. The first-order valence-electron chi connectivity index (χ1n) is 6.08. The average molecular weight is 337 g/mol. The number of nitrogens with one attached hydrogen (secondary N) is 1. The smallest absolute Gasteiger partial charge is 0.307 e. The van der Waals surface area contributed by atoms with Gasteiger partial charge in [0.15, 0.2) is 5.69 Å². The van der Waals surface area contributed by atoms with E-state index in [-0.39, 0.29) is 11.4 Å². The van der Waals surface area contributed by atoms with Crippen molar-refractivity contribution in [2.45, 2.75) is 12.4 Å². The maximum Gasteiger partial charge on any atom is 0.435 e. The maximum atomic E-state index is 12.6. The molecule has 0 radical (unpaired) electrons. The van der Waals surface area contributed by atoms with Crippen molar-refractivity contribution in [2.75, 3.05) is 5.32 Å². The topological polar surface area (TPSA) is 46.9 Å². The number of nitrogens with zero attached hydrogens (tertiary/aromatic N) is 2. The summed E-state index contributed by atoms with van der Waals surface area (Å²) in [6, 6.07) is 4.12. The molecule has 1 amide bonds. The molecule has 0 fully saturated rings. The highest BCUT2D eigenvalue weighted by molar-refractivity contribution is 6.03. The summed E-state index contributed by atoms with van der Waals surface area (Å²) in [7, 11) is 1.16. The Hall–Kier alpha value is -2.52. The van der Waals surface area contributed by atoms with Gasteiger partial charge in [0.1, 0.15) is 5.82 Å². The molecule has 4 nitrogen and oxygen atoms in total. The third-order valence-electron chi connectivity index (χ3n) is 2.86. The van der Waals surface area contributed by atoms with Gasteiger partial charge in [-0.2, -0.15) is 31.4 Å². The van der Waals surface area contributed by atoms with Crippen molar-refractivity contribution in [3.05, 3.63) is 47.2 Å². The fraction of sp³-hybridized carbons (Fsp3) is 0.231. The van der Waals surface area contributed by atoms with Gasteiger partial charge in [-0.1, -0.05) is 6.07 Å². The number of aromatic nitrogens is 2. The molecule has 1 aromatic carbocycles. The van der Waals surface area contributed by atoms with Crippen LogP contribution >= 0.6 is 0 Å². The highest BCUT2D eigenvalue weighted by Gasteiger charge is 2.35. The number of hydrogen-bond donors (Lipinski definition) is 1. The predicted molar refractivity (Wildman–Crippen MR) is 67.6 cm³/mol. The Bertz CT molecular complexity index is 732. The number of carbonyl (C=O) groups is 1. The van der Waals surface area contributed by atoms with Crippen LogP contribution in [0.25, 0.3) is 0 Å². The van der Waals surface area contributed by atoms with Gasteiger partial charge in [0.25, 0.3) is 5.91 Å². The Morgan fingerprint density at radius 2 is 1.74 bits per heavy atom. The molecule has 0 atom stereocenters. The van der Waals surface area contributed by atoms with Crippen molar-refractivity contribution in [3.8, 4) is 0 Å². The molecule has 23 heavy (non-hydrogen) atoms. The monoisotopic (exact) mass is 337 g/mol. The van der Waals surface area contributed by atoms with Crippen LogP contribution in [0.4, 0.5) is 32.2 Å². The Labute approximate surface area is 125 Å². The number of hydrogen-bond acceptors (Lipinski definition) is 2. The van der Waals surface area contributed by atoms with Crippen LogP contribution in [0.5, 0.6) is 0 Å². The Kier molecular flexibility index (Phi) is 4.10. The lowest BCUT2D eigenvalue weighted by molar-refractivity contribution is -0.141. The number of amides is 1. The number of carbonyl (C=O) groups excluding carboxylic acids is 1. The van der Waals surface area contributed by atoms with Gasteiger partial charge in [0, 0.05) is 18.7 Å². The number of rotatable bonds is 2. The van der Waals surface area contributed by atoms with Gasteiger partial charge < -0.3 is 5.32 Å². The molecule has 0 saturated carbocycles.